The van der Waals surface area contributed by atoms with Gasteiger partial charge in [0, 0.05) is 0 Å². The average molecular weight is 539 g/mol. The number of benzene rings is 3. The van der Waals surface area contributed by atoms with Gasteiger partial charge in [-0.25, -0.2) is 4.98 Å². The SMILES string of the molecule is CCCCCOc1ccc(C2C(C(=O)/C=C/c3ccccc3)=C(O)C(=O)N2c2nc3ccc(C)cc3s2)cc1. The first-order valence-corrected chi connectivity index (χ1v) is 13.9. The highest BCUT2D eigenvalue weighted by Gasteiger charge is 2.45. The first-order chi connectivity index (χ1) is 19.0. The summed E-state index contributed by atoms with van der Waals surface area (Å²) in [6.07, 6.45) is 6.27. The zero-order valence-electron chi connectivity index (χ0n) is 22.0. The van der Waals surface area contributed by atoms with Crippen LogP contribution in [0.2, 0.25) is 0 Å². The van der Waals surface area contributed by atoms with Crippen molar-refractivity contribution in [2.75, 3.05) is 11.5 Å². The zero-order chi connectivity index (χ0) is 27.4. The molecule has 1 aromatic heterocycles. The van der Waals surface area contributed by atoms with Crippen LogP contribution in [0.3, 0.4) is 0 Å². The number of fused-ring (bicyclic) bond motifs is 1. The Bertz CT molecular complexity index is 1550. The van der Waals surface area contributed by atoms with Gasteiger partial charge in [-0.1, -0.05) is 85.7 Å². The lowest BCUT2D eigenvalue weighted by Gasteiger charge is -2.24. The molecule has 0 fully saturated rings. The number of anilines is 1. The van der Waals surface area contributed by atoms with Gasteiger partial charge < -0.3 is 9.84 Å². The predicted molar refractivity (Wildman–Crippen MR) is 156 cm³/mol. The Kier molecular flexibility index (Phi) is 7.89. The fourth-order valence-electron chi connectivity index (χ4n) is 4.61. The summed E-state index contributed by atoms with van der Waals surface area (Å²) in [6.45, 7) is 4.77. The number of hydrogen-bond acceptors (Lipinski definition) is 6. The van der Waals surface area contributed by atoms with Crippen LogP contribution < -0.4 is 9.64 Å². The summed E-state index contributed by atoms with van der Waals surface area (Å²) in [5, 5.41) is 11.4. The Hall–Kier alpha value is -4.23. The van der Waals surface area contributed by atoms with E-state index in [1.165, 1.54) is 22.3 Å². The molecule has 2 heterocycles. The molecule has 0 saturated carbocycles. The fraction of sp³-hybridized carbons (Fsp3) is 0.219. The van der Waals surface area contributed by atoms with Crippen molar-refractivity contribution in [3.05, 3.63) is 107 Å². The van der Waals surface area contributed by atoms with Crippen molar-refractivity contribution < 1.29 is 19.4 Å². The molecule has 1 unspecified atom stereocenters. The molecule has 4 aromatic rings. The van der Waals surface area contributed by atoms with Gasteiger partial charge in [0.15, 0.2) is 16.7 Å². The Balaban J connectivity index is 1.52. The van der Waals surface area contributed by atoms with Gasteiger partial charge in [-0.3, -0.25) is 14.5 Å². The van der Waals surface area contributed by atoms with Gasteiger partial charge in [0.1, 0.15) is 5.75 Å². The fourth-order valence-corrected chi connectivity index (χ4v) is 5.70. The van der Waals surface area contributed by atoms with Crippen LogP contribution in [0.5, 0.6) is 5.75 Å². The molecule has 0 bridgehead atoms. The van der Waals surface area contributed by atoms with Crippen molar-refractivity contribution >= 4 is 44.5 Å². The third-order valence-electron chi connectivity index (χ3n) is 6.65. The number of thiazole rings is 1. The Morgan fingerprint density at radius 3 is 2.59 bits per heavy atom. The molecule has 1 amide bonds. The monoisotopic (exact) mass is 538 g/mol. The lowest BCUT2D eigenvalue weighted by molar-refractivity contribution is -0.117. The maximum Gasteiger partial charge on any atom is 0.296 e. The summed E-state index contributed by atoms with van der Waals surface area (Å²) >= 11 is 1.36. The van der Waals surface area contributed by atoms with Crippen LogP contribution in [0, 0.1) is 6.92 Å². The van der Waals surface area contributed by atoms with Crippen molar-refractivity contribution in [2.24, 2.45) is 0 Å². The number of aromatic nitrogens is 1. The van der Waals surface area contributed by atoms with Crippen LogP contribution in [-0.4, -0.2) is 28.4 Å². The number of nitrogens with zero attached hydrogens (tertiary/aromatic N) is 2. The largest absolute Gasteiger partial charge is 0.503 e. The average Bonchev–Trinajstić information content (AvgIpc) is 3.48. The topological polar surface area (TPSA) is 79.7 Å². The van der Waals surface area contributed by atoms with Gasteiger partial charge in [-0.15, -0.1) is 0 Å². The molecule has 1 aliphatic rings. The molecule has 0 spiro atoms. The van der Waals surface area contributed by atoms with Crippen LogP contribution in [-0.2, 0) is 9.59 Å². The van der Waals surface area contributed by atoms with Crippen molar-refractivity contribution in [2.45, 2.75) is 39.2 Å². The number of ketones is 1. The standard InChI is InChI=1S/C32H30N2O4S/c1-3-4-8-19-38-24-15-13-23(14-16-24)29-28(26(35)18-12-22-9-6-5-7-10-22)30(36)31(37)34(29)32-33-25-17-11-21(2)20-27(25)39-32/h5-7,9-18,20,29,36H,3-4,8,19H2,1-2H3/b18-12+. The number of unbranched alkanes of at least 4 members (excludes halogenated alkanes) is 2. The van der Waals surface area contributed by atoms with Gasteiger partial charge in [-0.05, 0) is 60.4 Å². The van der Waals surface area contributed by atoms with E-state index in [4.69, 9.17) is 9.72 Å². The van der Waals surface area contributed by atoms with Gasteiger partial charge in [0.05, 0.1) is 28.4 Å². The molecule has 7 heteroatoms. The Morgan fingerprint density at radius 2 is 1.85 bits per heavy atom. The molecule has 0 saturated heterocycles. The molecule has 198 valence electrons. The molecular formula is C32H30N2O4S. The van der Waals surface area contributed by atoms with Crippen LogP contribution in [0.1, 0.15) is 48.9 Å². The molecule has 5 rings (SSSR count). The lowest BCUT2D eigenvalue weighted by Crippen LogP contribution is -2.30. The van der Waals surface area contributed by atoms with E-state index in [2.05, 4.69) is 6.92 Å². The number of aliphatic hydroxyl groups is 1. The maximum absolute atomic E-state index is 13.5. The molecule has 0 aliphatic carbocycles. The Morgan fingerprint density at radius 1 is 1.08 bits per heavy atom. The summed E-state index contributed by atoms with van der Waals surface area (Å²) in [5.74, 6) is -0.925. The van der Waals surface area contributed by atoms with Crippen LogP contribution in [0.4, 0.5) is 5.13 Å². The summed E-state index contributed by atoms with van der Waals surface area (Å²) in [7, 11) is 0. The lowest BCUT2D eigenvalue weighted by atomic mass is 9.95. The third-order valence-corrected chi connectivity index (χ3v) is 7.67. The number of aryl methyl sites for hydroxylation is 1. The minimum atomic E-state index is -0.832. The maximum atomic E-state index is 13.5. The van der Waals surface area contributed by atoms with Crippen molar-refractivity contribution in [3.63, 3.8) is 0 Å². The summed E-state index contributed by atoms with van der Waals surface area (Å²) in [6, 6.07) is 21.8. The molecule has 3 aromatic carbocycles. The molecular weight excluding hydrogens is 508 g/mol. The normalized spacial score (nSPS) is 15.6. The summed E-state index contributed by atoms with van der Waals surface area (Å²) in [4.78, 5) is 33.1. The van der Waals surface area contributed by atoms with Crippen molar-refractivity contribution in [3.8, 4) is 5.75 Å². The predicted octanol–water partition coefficient (Wildman–Crippen LogP) is 7.36. The van der Waals surface area contributed by atoms with Crippen LogP contribution in [0.15, 0.2) is 90.2 Å². The van der Waals surface area contributed by atoms with Crippen molar-refractivity contribution in [1.29, 1.82) is 0 Å². The number of aliphatic hydroxyl groups excluding tert-OH is 1. The zero-order valence-corrected chi connectivity index (χ0v) is 22.8. The third kappa shape index (κ3) is 5.64. The highest BCUT2D eigenvalue weighted by atomic mass is 32.1. The van der Waals surface area contributed by atoms with Gasteiger partial charge in [0.25, 0.3) is 5.91 Å². The van der Waals surface area contributed by atoms with E-state index < -0.39 is 23.5 Å². The van der Waals surface area contributed by atoms with E-state index in [0.717, 1.165) is 40.6 Å². The quantitative estimate of drug-likeness (QED) is 0.169. The number of carbonyl (C=O) groups is 2. The molecule has 0 radical (unpaired) electrons. The molecule has 1 N–H and O–H groups in total. The molecule has 39 heavy (non-hydrogen) atoms. The van der Waals surface area contributed by atoms with Gasteiger partial charge in [-0.2, -0.15) is 0 Å². The molecule has 1 aliphatic heterocycles. The second-order valence-electron chi connectivity index (χ2n) is 9.54. The number of ether oxygens (including phenoxy) is 1. The van der Waals surface area contributed by atoms with Crippen LogP contribution >= 0.6 is 11.3 Å². The van der Waals surface area contributed by atoms with E-state index in [9.17, 15) is 14.7 Å². The smallest absolute Gasteiger partial charge is 0.296 e. The van der Waals surface area contributed by atoms with Crippen LogP contribution in [0.25, 0.3) is 16.3 Å². The number of hydrogen-bond donors (Lipinski definition) is 1. The second kappa shape index (κ2) is 11.7. The highest BCUT2D eigenvalue weighted by Crippen LogP contribution is 2.44. The second-order valence-corrected chi connectivity index (χ2v) is 10.5. The summed E-state index contributed by atoms with van der Waals surface area (Å²) < 4.78 is 6.79. The number of amides is 1. The Labute approximate surface area is 231 Å². The van der Waals surface area contributed by atoms with E-state index in [-0.39, 0.29) is 5.57 Å². The van der Waals surface area contributed by atoms with Gasteiger partial charge in [0.2, 0.25) is 0 Å². The first kappa shape index (κ1) is 26.4. The molecule has 1 atom stereocenters. The highest BCUT2D eigenvalue weighted by molar-refractivity contribution is 7.22. The molecule has 6 nitrogen and oxygen atoms in total. The van der Waals surface area contributed by atoms with E-state index >= 15 is 0 Å². The summed E-state index contributed by atoms with van der Waals surface area (Å²) in [5.41, 5.74) is 3.39. The minimum absolute atomic E-state index is 0.0271. The number of carbonyl (C=O) groups excluding carboxylic acids is 2. The first-order valence-electron chi connectivity index (χ1n) is 13.1. The van der Waals surface area contributed by atoms with Crippen molar-refractivity contribution in [1.82, 2.24) is 4.98 Å². The van der Waals surface area contributed by atoms with Gasteiger partial charge >= 0.3 is 0 Å². The number of rotatable bonds is 10. The van der Waals surface area contributed by atoms with E-state index in [1.54, 1.807) is 6.08 Å². The van der Waals surface area contributed by atoms with E-state index in [1.807, 2.05) is 79.7 Å². The van der Waals surface area contributed by atoms with E-state index in [0.29, 0.717) is 23.1 Å². The minimum Gasteiger partial charge on any atom is -0.503 e. The number of allylic oxidation sites excluding steroid dienone is 1.